The van der Waals surface area contributed by atoms with Crippen LogP contribution in [0, 0.1) is 12.8 Å². The van der Waals surface area contributed by atoms with Gasteiger partial charge in [-0.15, -0.1) is 0 Å². The maximum absolute atomic E-state index is 12.3. The summed E-state index contributed by atoms with van der Waals surface area (Å²) in [6.07, 6.45) is 2.75. The number of halogens is 1. The molecule has 2 aliphatic heterocycles. The fourth-order valence-electron chi connectivity index (χ4n) is 4.17. The second kappa shape index (κ2) is 7.42. The number of hydrogen-bond acceptors (Lipinski definition) is 4. The Morgan fingerprint density at radius 3 is 2.83 bits per heavy atom. The number of aromatic nitrogens is 2. The summed E-state index contributed by atoms with van der Waals surface area (Å²) >= 11 is 6.38. The van der Waals surface area contributed by atoms with Crippen molar-refractivity contribution < 1.29 is 4.79 Å². The summed E-state index contributed by atoms with van der Waals surface area (Å²) in [5.41, 5.74) is 2.15. The van der Waals surface area contributed by atoms with E-state index in [2.05, 4.69) is 20.2 Å². The Labute approximate surface area is 149 Å². The van der Waals surface area contributed by atoms with Crippen molar-refractivity contribution in [2.45, 2.75) is 38.8 Å². The van der Waals surface area contributed by atoms with E-state index in [0.717, 1.165) is 62.0 Å². The van der Waals surface area contributed by atoms with Crippen molar-refractivity contribution >= 4 is 17.5 Å². The number of hydrogen-bond donors (Lipinski definition) is 1. The molecular weight excluding hydrogens is 326 g/mol. The molecule has 2 aliphatic rings. The zero-order valence-corrected chi connectivity index (χ0v) is 15.6. The summed E-state index contributed by atoms with van der Waals surface area (Å²) in [5, 5.41) is 8.31. The van der Waals surface area contributed by atoms with Gasteiger partial charge in [0.25, 0.3) is 0 Å². The van der Waals surface area contributed by atoms with Crippen LogP contribution in [0.4, 0.5) is 0 Å². The SMILES string of the molecule is CNCCN1C(=O)CCC2CN(Cc3c(C)nn(C)c3Cl)CCC21. The number of aryl methyl sites for hydroxylation is 2. The lowest BCUT2D eigenvalue weighted by Gasteiger charge is -2.47. The molecule has 2 fully saturated rings. The number of rotatable bonds is 5. The Morgan fingerprint density at radius 1 is 1.38 bits per heavy atom. The molecule has 2 saturated heterocycles. The predicted octanol–water partition coefficient (Wildman–Crippen LogP) is 1.41. The van der Waals surface area contributed by atoms with E-state index in [9.17, 15) is 4.79 Å². The molecule has 3 heterocycles. The van der Waals surface area contributed by atoms with Crippen molar-refractivity contribution in [3.8, 4) is 0 Å². The average molecular weight is 354 g/mol. The number of nitrogens with zero attached hydrogens (tertiary/aromatic N) is 4. The van der Waals surface area contributed by atoms with E-state index in [1.165, 1.54) is 0 Å². The van der Waals surface area contributed by atoms with Crippen molar-refractivity contribution in [3.05, 3.63) is 16.4 Å². The van der Waals surface area contributed by atoms with Crippen molar-refractivity contribution in [1.29, 1.82) is 0 Å². The van der Waals surface area contributed by atoms with Gasteiger partial charge in [0.2, 0.25) is 5.91 Å². The molecule has 1 aromatic rings. The van der Waals surface area contributed by atoms with E-state index >= 15 is 0 Å². The summed E-state index contributed by atoms with van der Waals surface area (Å²) in [6.45, 7) is 6.61. The molecule has 6 nitrogen and oxygen atoms in total. The molecule has 2 unspecified atom stereocenters. The van der Waals surface area contributed by atoms with Crippen molar-refractivity contribution in [2.24, 2.45) is 13.0 Å². The van der Waals surface area contributed by atoms with Crippen LogP contribution in [-0.2, 0) is 18.4 Å². The number of likely N-dealkylation sites (N-methyl/N-ethyl adjacent to an activating group) is 1. The van der Waals surface area contributed by atoms with Gasteiger partial charge in [0, 0.05) is 57.8 Å². The molecule has 2 atom stereocenters. The largest absolute Gasteiger partial charge is 0.338 e. The van der Waals surface area contributed by atoms with Gasteiger partial charge in [0.05, 0.1) is 5.69 Å². The number of carbonyl (C=O) groups is 1. The third-order valence-corrected chi connectivity index (χ3v) is 5.95. The van der Waals surface area contributed by atoms with Crippen LogP contribution in [0.15, 0.2) is 0 Å². The lowest BCUT2D eigenvalue weighted by atomic mass is 9.83. The first kappa shape index (κ1) is 17.7. The van der Waals surface area contributed by atoms with Crippen LogP contribution in [-0.4, -0.2) is 64.8 Å². The van der Waals surface area contributed by atoms with Gasteiger partial charge in [-0.3, -0.25) is 14.4 Å². The van der Waals surface area contributed by atoms with Crippen molar-refractivity contribution in [3.63, 3.8) is 0 Å². The molecule has 0 spiro atoms. The zero-order chi connectivity index (χ0) is 17.3. The average Bonchev–Trinajstić information content (AvgIpc) is 2.80. The summed E-state index contributed by atoms with van der Waals surface area (Å²) in [5.74, 6) is 0.898. The Bertz CT molecular complexity index is 602. The number of likely N-dealkylation sites (tertiary alicyclic amines) is 2. The van der Waals surface area contributed by atoms with Crippen molar-refractivity contribution in [2.75, 3.05) is 33.2 Å². The van der Waals surface area contributed by atoms with Crippen LogP contribution >= 0.6 is 11.6 Å². The summed E-state index contributed by atoms with van der Waals surface area (Å²) in [6, 6.07) is 0.404. The Morgan fingerprint density at radius 2 is 2.17 bits per heavy atom. The third-order valence-electron chi connectivity index (χ3n) is 5.48. The van der Waals surface area contributed by atoms with Crippen LogP contribution in [0.2, 0.25) is 5.15 Å². The second-order valence-electron chi connectivity index (χ2n) is 7.06. The summed E-state index contributed by atoms with van der Waals surface area (Å²) in [4.78, 5) is 16.9. The first-order chi connectivity index (χ1) is 11.5. The van der Waals surface area contributed by atoms with Crippen LogP contribution in [0.1, 0.15) is 30.5 Å². The molecule has 3 rings (SSSR count). The molecule has 7 heteroatoms. The quantitative estimate of drug-likeness (QED) is 0.869. The number of piperidine rings is 2. The maximum atomic E-state index is 12.3. The second-order valence-corrected chi connectivity index (χ2v) is 7.42. The third kappa shape index (κ3) is 3.46. The molecule has 0 aromatic carbocycles. The monoisotopic (exact) mass is 353 g/mol. The molecule has 0 radical (unpaired) electrons. The van der Waals surface area contributed by atoms with Gasteiger partial charge in [0.1, 0.15) is 5.15 Å². The zero-order valence-electron chi connectivity index (χ0n) is 14.9. The minimum atomic E-state index is 0.325. The first-order valence-corrected chi connectivity index (χ1v) is 9.23. The van der Waals surface area contributed by atoms with E-state index < -0.39 is 0 Å². The standard InChI is InChI=1S/C17H28ClN5O/c1-12-14(17(18)21(3)20-12)11-22-8-6-15-13(10-22)4-5-16(24)23(15)9-7-19-2/h13,15,19H,4-11H2,1-3H3. The van der Waals surface area contributed by atoms with Gasteiger partial charge >= 0.3 is 0 Å². The Balaban J connectivity index is 1.65. The van der Waals surface area contributed by atoms with E-state index in [-0.39, 0.29) is 0 Å². The highest BCUT2D eigenvalue weighted by molar-refractivity contribution is 6.30. The lowest BCUT2D eigenvalue weighted by molar-refractivity contribution is -0.141. The molecule has 1 amide bonds. The van der Waals surface area contributed by atoms with Gasteiger partial charge in [-0.25, -0.2) is 0 Å². The summed E-state index contributed by atoms with van der Waals surface area (Å²) in [7, 11) is 3.83. The topological polar surface area (TPSA) is 53.4 Å². The van der Waals surface area contributed by atoms with E-state index in [1.54, 1.807) is 4.68 Å². The molecule has 1 N–H and O–H groups in total. The van der Waals surface area contributed by atoms with E-state index in [0.29, 0.717) is 24.3 Å². The number of carbonyl (C=O) groups excluding carboxylic acids is 1. The first-order valence-electron chi connectivity index (χ1n) is 8.85. The highest BCUT2D eigenvalue weighted by Crippen LogP contribution is 2.32. The highest BCUT2D eigenvalue weighted by Gasteiger charge is 2.39. The molecule has 0 aliphatic carbocycles. The van der Waals surface area contributed by atoms with Crippen LogP contribution in [0.25, 0.3) is 0 Å². The molecule has 134 valence electrons. The van der Waals surface area contributed by atoms with Gasteiger partial charge in [0.15, 0.2) is 0 Å². The lowest BCUT2D eigenvalue weighted by Crippen LogP contribution is -2.56. The predicted molar refractivity (Wildman–Crippen MR) is 95.0 cm³/mol. The number of nitrogens with one attached hydrogen (secondary N) is 1. The van der Waals surface area contributed by atoms with E-state index in [4.69, 9.17) is 11.6 Å². The number of fused-ring (bicyclic) bond motifs is 1. The van der Waals surface area contributed by atoms with Gasteiger partial charge in [-0.2, -0.15) is 5.10 Å². The van der Waals surface area contributed by atoms with Crippen LogP contribution < -0.4 is 5.32 Å². The minimum absolute atomic E-state index is 0.325. The highest BCUT2D eigenvalue weighted by atomic mass is 35.5. The maximum Gasteiger partial charge on any atom is 0.222 e. The fourth-order valence-corrected chi connectivity index (χ4v) is 4.40. The molecular formula is C17H28ClN5O. The fraction of sp³-hybridized carbons (Fsp3) is 0.765. The van der Waals surface area contributed by atoms with Crippen LogP contribution in [0.5, 0.6) is 0 Å². The minimum Gasteiger partial charge on any atom is -0.338 e. The Hall–Kier alpha value is -1.11. The van der Waals surface area contributed by atoms with Crippen LogP contribution in [0.3, 0.4) is 0 Å². The number of amides is 1. The van der Waals surface area contributed by atoms with Gasteiger partial charge < -0.3 is 10.2 Å². The molecule has 24 heavy (non-hydrogen) atoms. The van der Waals surface area contributed by atoms with E-state index in [1.807, 2.05) is 21.0 Å². The molecule has 0 bridgehead atoms. The summed E-state index contributed by atoms with van der Waals surface area (Å²) < 4.78 is 1.75. The van der Waals surface area contributed by atoms with Crippen molar-refractivity contribution in [1.82, 2.24) is 24.9 Å². The normalized spacial score (nSPS) is 25.2. The molecule has 0 saturated carbocycles. The smallest absolute Gasteiger partial charge is 0.222 e. The van der Waals surface area contributed by atoms with Gasteiger partial charge in [-0.05, 0) is 32.7 Å². The Kier molecular flexibility index (Phi) is 5.47. The van der Waals surface area contributed by atoms with Gasteiger partial charge in [-0.1, -0.05) is 11.6 Å². The molecule has 1 aromatic heterocycles.